The highest BCUT2D eigenvalue weighted by Crippen LogP contribution is 2.19. The first-order valence-electron chi connectivity index (χ1n) is 5.14. The number of benzene rings is 1. The second-order valence-corrected chi connectivity index (χ2v) is 3.75. The standard InChI is InChI=1S/C12H9N3O2/c16-11-8-4-3-7(10-2-1-5-13-10)6-9(8)12(17)15-14-11/h1-6,13H,(H,14,16)(H,15,17). The number of hydrogen-bond acceptors (Lipinski definition) is 2. The Hall–Kier alpha value is -2.56. The number of hydrogen-bond donors (Lipinski definition) is 3. The van der Waals surface area contributed by atoms with Crippen molar-refractivity contribution in [1.29, 1.82) is 0 Å². The summed E-state index contributed by atoms with van der Waals surface area (Å²) in [6.07, 6.45) is 1.81. The lowest BCUT2D eigenvalue weighted by molar-refractivity contribution is 0.976. The SMILES string of the molecule is O=c1[nH][nH]c(=O)c2cc(-c3ccc[nH]3)ccc12. The molecule has 3 aromatic rings. The summed E-state index contributed by atoms with van der Waals surface area (Å²) in [6.45, 7) is 0. The lowest BCUT2D eigenvalue weighted by Crippen LogP contribution is -2.18. The van der Waals surface area contributed by atoms with Gasteiger partial charge >= 0.3 is 0 Å². The number of rotatable bonds is 1. The topological polar surface area (TPSA) is 81.5 Å². The number of aromatic amines is 3. The molecule has 17 heavy (non-hydrogen) atoms. The van der Waals surface area contributed by atoms with Crippen molar-refractivity contribution in [2.45, 2.75) is 0 Å². The van der Waals surface area contributed by atoms with Gasteiger partial charge in [-0.3, -0.25) is 19.8 Å². The van der Waals surface area contributed by atoms with Crippen LogP contribution in [0, 0.1) is 0 Å². The van der Waals surface area contributed by atoms with Crippen LogP contribution in [-0.4, -0.2) is 15.2 Å². The van der Waals surface area contributed by atoms with Gasteiger partial charge in [-0.2, -0.15) is 0 Å². The molecule has 0 bridgehead atoms. The van der Waals surface area contributed by atoms with E-state index in [1.165, 1.54) is 0 Å². The Balaban J connectivity index is 2.37. The number of nitrogens with one attached hydrogen (secondary N) is 3. The minimum absolute atomic E-state index is 0.294. The Labute approximate surface area is 95.1 Å². The molecule has 2 heterocycles. The van der Waals surface area contributed by atoms with Crippen LogP contribution < -0.4 is 11.1 Å². The zero-order chi connectivity index (χ0) is 11.8. The largest absolute Gasteiger partial charge is 0.361 e. The second-order valence-electron chi connectivity index (χ2n) is 3.75. The van der Waals surface area contributed by atoms with Crippen molar-refractivity contribution >= 4 is 10.8 Å². The molecule has 5 heteroatoms. The summed E-state index contributed by atoms with van der Waals surface area (Å²) in [5.41, 5.74) is 1.19. The highest BCUT2D eigenvalue weighted by molar-refractivity contribution is 5.85. The fraction of sp³-hybridized carbons (Fsp3) is 0. The predicted molar refractivity (Wildman–Crippen MR) is 65.0 cm³/mol. The third-order valence-electron chi connectivity index (χ3n) is 2.71. The van der Waals surface area contributed by atoms with E-state index in [2.05, 4.69) is 15.2 Å². The molecule has 3 rings (SSSR count). The van der Waals surface area contributed by atoms with Gasteiger partial charge in [0, 0.05) is 11.9 Å². The van der Waals surface area contributed by atoms with Crippen LogP contribution in [0.4, 0.5) is 0 Å². The average molecular weight is 227 g/mol. The van der Waals surface area contributed by atoms with Crippen molar-refractivity contribution in [3.8, 4) is 11.3 Å². The van der Waals surface area contributed by atoms with Gasteiger partial charge in [0.1, 0.15) is 0 Å². The maximum atomic E-state index is 11.6. The molecule has 0 fully saturated rings. The van der Waals surface area contributed by atoms with Crippen LogP contribution in [0.5, 0.6) is 0 Å². The van der Waals surface area contributed by atoms with Gasteiger partial charge in [-0.05, 0) is 29.8 Å². The van der Waals surface area contributed by atoms with Gasteiger partial charge < -0.3 is 4.98 Å². The van der Waals surface area contributed by atoms with Gasteiger partial charge in [-0.1, -0.05) is 6.07 Å². The molecular formula is C12H9N3O2. The summed E-state index contributed by atoms with van der Waals surface area (Å²) in [6, 6.07) is 8.95. The van der Waals surface area contributed by atoms with Crippen molar-refractivity contribution in [3.63, 3.8) is 0 Å². The van der Waals surface area contributed by atoms with Crippen molar-refractivity contribution < 1.29 is 0 Å². The second kappa shape index (κ2) is 3.48. The van der Waals surface area contributed by atoms with Gasteiger partial charge in [-0.15, -0.1) is 0 Å². The van der Waals surface area contributed by atoms with Crippen LogP contribution in [-0.2, 0) is 0 Å². The lowest BCUT2D eigenvalue weighted by atomic mass is 10.1. The Morgan fingerprint density at radius 2 is 1.65 bits per heavy atom. The molecule has 2 aromatic heterocycles. The molecule has 0 saturated heterocycles. The summed E-state index contributed by atoms with van der Waals surface area (Å²) in [4.78, 5) is 26.2. The van der Waals surface area contributed by atoms with Crippen LogP contribution in [0.25, 0.3) is 22.0 Å². The van der Waals surface area contributed by atoms with E-state index in [0.717, 1.165) is 11.3 Å². The molecule has 84 valence electrons. The molecule has 0 amide bonds. The van der Waals surface area contributed by atoms with Crippen molar-refractivity contribution in [1.82, 2.24) is 15.2 Å². The lowest BCUT2D eigenvalue weighted by Gasteiger charge is -2.00. The minimum Gasteiger partial charge on any atom is -0.361 e. The van der Waals surface area contributed by atoms with Crippen LogP contribution in [0.1, 0.15) is 0 Å². The molecule has 0 aliphatic carbocycles. The van der Waals surface area contributed by atoms with E-state index in [-0.39, 0.29) is 11.1 Å². The highest BCUT2D eigenvalue weighted by Gasteiger charge is 2.05. The van der Waals surface area contributed by atoms with E-state index >= 15 is 0 Å². The predicted octanol–water partition coefficient (Wildman–Crippen LogP) is 1.21. The first-order valence-corrected chi connectivity index (χ1v) is 5.14. The molecule has 0 aliphatic heterocycles. The molecule has 1 aromatic carbocycles. The zero-order valence-corrected chi connectivity index (χ0v) is 8.78. The Kier molecular flexibility index (Phi) is 1.98. The minimum atomic E-state index is -0.298. The van der Waals surface area contributed by atoms with Crippen LogP contribution in [0.15, 0.2) is 46.1 Å². The molecule has 5 nitrogen and oxygen atoms in total. The van der Waals surface area contributed by atoms with Gasteiger partial charge in [0.15, 0.2) is 0 Å². The van der Waals surface area contributed by atoms with E-state index in [0.29, 0.717) is 10.8 Å². The highest BCUT2D eigenvalue weighted by atomic mass is 16.1. The first-order chi connectivity index (χ1) is 8.25. The number of H-pyrrole nitrogens is 3. The molecular weight excluding hydrogens is 218 g/mol. The quantitative estimate of drug-likeness (QED) is 0.584. The Bertz CT molecular complexity index is 781. The van der Waals surface area contributed by atoms with E-state index in [1.54, 1.807) is 12.1 Å². The molecule has 3 N–H and O–H groups in total. The molecule has 0 spiro atoms. The summed E-state index contributed by atoms with van der Waals surface area (Å²) in [5.74, 6) is 0. The number of aromatic nitrogens is 3. The number of fused-ring (bicyclic) bond motifs is 1. The molecule has 0 unspecified atom stereocenters. The summed E-state index contributed by atoms with van der Waals surface area (Å²) in [5, 5.41) is 5.39. The van der Waals surface area contributed by atoms with Gasteiger partial charge in [0.05, 0.1) is 10.8 Å². The molecule has 0 radical (unpaired) electrons. The van der Waals surface area contributed by atoms with Crippen LogP contribution in [0.3, 0.4) is 0 Å². The smallest absolute Gasteiger partial charge is 0.270 e. The fourth-order valence-corrected chi connectivity index (χ4v) is 1.86. The maximum Gasteiger partial charge on any atom is 0.270 e. The van der Waals surface area contributed by atoms with Gasteiger partial charge in [0.25, 0.3) is 11.1 Å². The van der Waals surface area contributed by atoms with E-state index in [1.807, 2.05) is 24.4 Å². The monoisotopic (exact) mass is 227 g/mol. The molecule has 0 saturated carbocycles. The average Bonchev–Trinajstić information content (AvgIpc) is 2.87. The van der Waals surface area contributed by atoms with E-state index in [4.69, 9.17) is 0 Å². The molecule has 0 atom stereocenters. The Morgan fingerprint density at radius 3 is 2.35 bits per heavy atom. The maximum absolute atomic E-state index is 11.6. The zero-order valence-electron chi connectivity index (χ0n) is 8.78. The Morgan fingerprint density at radius 1 is 0.882 bits per heavy atom. The summed E-state index contributed by atoms with van der Waals surface area (Å²) in [7, 11) is 0. The van der Waals surface area contributed by atoms with Gasteiger partial charge in [-0.25, -0.2) is 0 Å². The third kappa shape index (κ3) is 1.48. The van der Waals surface area contributed by atoms with Crippen molar-refractivity contribution in [2.75, 3.05) is 0 Å². The van der Waals surface area contributed by atoms with E-state index < -0.39 is 0 Å². The van der Waals surface area contributed by atoms with Crippen molar-refractivity contribution in [3.05, 3.63) is 57.2 Å². The third-order valence-corrected chi connectivity index (χ3v) is 2.71. The normalized spacial score (nSPS) is 10.8. The first kappa shape index (κ1) is 9.65. The van der Waals surface area contributed by atoms with Crippen LogP contribution >= 0.6 is 0 Å². The summed E-state index contributed by atoms with van der Waals surface area (Å²) >= 11 is 0. The fourth-order valence-electron chi connectivity index (χ4n) is 1.86. The van der Waals surface area contributed by atoms with E-state index in [9.17, 15) is 9.59 Å². The van der Waals surface area contributed by atoms with Gasteiger partial charge in [0.2, 0.25) is 0 Å². The van der Waals surface area contributed by atoms with Crippen LogP contribution in [0.2, 0.25) is 0 Å². The summed E-state index contributed by atoms with van der Waals surface area (Å²) < 4.78 is 0. The van der Waals surface area contributed by atoms with Crippen molar-refractivity contribution in [2.24, 2.45) is 0 Å². The molecule has 0 aliphatic rings.